The molecule has 0 unspecified atom stereocenters. The zero-order chi connectivity index (χ0) is 22.9. The van der Waals surface area contributed by atoms with E-state index in [0.717, 1.165) is 18.5 Å². The molecular formula is C23H25N5O3S. The van der Waals surface area contributed by atoms with Crippen molar-refractivity contribution in [3.8, 4) is 6.07 Å². The number of rotatable bonds is 4. The summed E-state index contributed by atoms with van der Waals surface area (Å²) in [7, 11) is 0. The van der Waals surface area contributed by atoms with E-state index in [-0.39, 0.29) is 18.4 Å². The Kier molecular flexibility index (Phi) is 6.07. The number of fused-ring (bicyclic) bond motifs is 1. The normalized spacial score (nSPS) is 20.3. The smallest absolute Gasteiger partial charge is 0.252 e. The summed E-state index contributed by atoms with van der Waals surface area (Å²) in [6.45, 7) is 4.36. The molecule has 8 nitrogen and oxygen atoms in total. The monoisotopic (exact) mass is 451 g/mol. The Morgan fingerprint density at radius 1 is 1.34 bits per heavy atom. The second-order valence-corrected chi connectivity index (χ2v) is 9.69. The van der Waals surface area contributed by atoms with E-state index in [1.54, 1.807) is 23.2 Å². The molecule has 2 aliphatic rings. The molecule has 0 radical (unpaired) electrons. The van der Waals surface area contributed by atoms with Crippen LogP contribution in [-0.2, 0) is 9.59 Å². The van der Waals surface area contributed by atoms with Gasteiger partial charge in [-0.05, 0) is 37.1 Å². The quantitative estimate of drug-likeness (QED) is 0.766. The third kappa shape index (κ3) is 4.15. The summed E-state index contributed by atoms with van der Waals surface area (Å²) in [6, 6.07) is 8.75. The topological polar surface area (TPSA) is 106 Å². The number of hydrogen-bond acceptors (Lipinski definition) is 6. The summed E-state index contributed by atoms with van der Waals surface area (Å²) >= 11 is 1.52. The highest BCUT2D eigenvalue weighted by Crippen LogP contribution is 2.34. The third-order valence-corrected chi connectivity index (χ3v) is 7.05. The van der Waals surface area contributed by atoms with Crippen LogP contribution in [0.25, 0.3) is 10.9 Å². The van der Waals surface area contributed by atoms with E-state index in [1.807, 2.05) is 26.0 Å². The molecular weight excluding hydrogens is 426 g/mol. The molecule has 9 heteroatoms. The van der Waals surface area contributed by atoms with Gasteiger partial charge in [0.15, 0.2) is 0 Å². The molecule has 2 aliphatic heterocycles. The van der Waals surface area contributed by atoms with E-state index >= 15 is 0 Å². The molecule has 1 aromatic carbocycles. The minimum Gasteiger partial charge on any atom is -0.343 e. The van der Waals surface area contributed by atoms with Gasteiger partial charge >= 0.3 is 0 Å². The van der Waals surface area contributed by atoms with Crippen LogP contribution in [0.5, 0.6) is 0 Å². The van der Waals surface area contributed by atoms with Crippen LogP contribution in [0.1, 0.15) is 37.0 Å². The third-order valence-electron chi connectivity index (χ3n) is 6.04. The first-order valence-electron chi connectivity index (χ1n) is 10.6. The molecule has 3 amide bonds. The fourth-order valence-electron chi connectivity index (χ4n) is 4.15. The zero-order valence-corrected chi connectivity index (χ0v) is 18.9. The second-order valence-electron chi connectivity index (χ2n) is 8.70. The Morgan fingerprint density at radius 2 is 2.16 bits per heavy atom. The van der Waals surface area contributed by atoms with E-state index in [1.165, 1.54) is 16.7 Å². The van der Waals surface area contributed by atoms with Gasteiger partial charge in [0.25, 0.3) is 5.91 Å². The van der Waals surface area contributed by atoms with Crippen molar-refractivity contribution in [2.45, 2.75) is 32.7 Å². The number of aromatic nitrogens is 1. The standard InChI is InChI=1S/C23H25N5O3S/c1-23(2)7-3-9-27(22(23)31)15-4-5-19-18(10-15)17(6-8-25-19)21(30)26-12-20(29)28-14-32-13-16(28)11-24/h4-6,8,10,16H,3,7,9,12-14H2,1-2H3,(H,26,30)/t16-/m1/s1. The SMILES string of the molecule is CC1(C)CCCN(c2ccc3nccc(C(=O)NCC(=O)N4CSC[C@H]4C#N)c3c2)C1=O. The lowest BCUT2D eigenvalue weighted by Gasteiger charge is -2.37. The molecule has 0 saturated carbocycles. The van der Waals surface area contributed by atoms with Crippen molar-refractivity contribution >= 4 is 46.1 Å². The van der Waals surface area contributed by atoms with Gasteiger partial charge in [0.2, 0.25) is 11.8 Å². The fourth-order valence-corrected chi connectivity index (χ4v) is 5.25. The predicted octanol–water partition coefficient (Wildman–Crippen LogP) is 2.54. The molecule has 0 spiro atoms. The number of thioether (sulfide) groups is 1. The summed E-state index contributed by atoms with van der Waals surface area (Å²) in [5, 5.41) is 12.5. The first kappa shape index (κ1) is 22.1. The van der Waals surface area contributed by atoms with Crippen molar-refractivity contribution in [2.24, 2.45) is 5.41 Å². The largest absolute Gasteiger partial charge is 0.343 e. The van der Waals surface area contributed by atoms with E-state index < -0.39 is 17.4 Å². The maximum Gasteiger partial charge on any atom is 0.252 e. The van der Waals surface area contributed by atoms with Crippen LogP contribution >= 0.6 is 11.8 Å². The van der Waals surface area contributed by atoms with Crippen LogP contribution in [0.15, 0.2) is 30.5 Å². The highest BCUT2D eigenvalue weighted by atomic mass is 32.2. The number of piperidine rings is 1. The fraction of sp³-hybridized carbons (Fsp3) is 0.435. The van der Waals surface area contributed by atoms with E-state index in [9.17, 15) is 14.4 Å². The average molecular weight is 452 g/mol. The first-order chi connectivity index (χ1) is 15.3. The number of carbonyl (C=O) groups excluding carboxylic acids is 3. The molecule has 32 heavy (non-hydrogen) atoms. The van der Waals surface area contributed by atoms with Crippen LogP contribution in [0, 0.1) is 16.7 Å². The average Bonchev–Trinajstić information content (AvgIpc) is 3.27. The van der Waals surface area contributed by atoms with Gasteiger partial charge in [0, 0.05) is 35.0 Å². The predicted molar refractivity (Wildman–Crippen MR) is 123 cm³/mol. The Morgan fingerprint density at radius 3 is 2.94 bits per heavy atom. The van der Waals surface area contributed by atoms with Crippen molar-refractivity contribution < 1.29 is 14.4 Å². The maximum absolute atomic E-state index is 12.9. The second kappa shape index (κ2) is 8.79. The number of nitrogens with zero attached hydrogens (tertiary/aromatic N) is 4. The highest BCUT2D eigenvalue weighted by Gasteiger charge is 2.36. The number of benzene rings is 1. The summed E-state index contributed by atoms with van der Waals surface area (Å²) in [6.07, 6.45) is 3.32. The number of nitriles is 1. The van der Waals surface area contributed by atoms with Gasteiger partial charge in [-0.15, -0.1) is 11.8 Å². The van der Waals surface area contributed by atoms with Gasteiger partial charge in [-0.1, -0.05) is 13.8 Å². The summed E-state index contributed by atoms with van der Waals surface area (Å²) < 4.78 is 0. The molecule has 2 aromatic rings. The van der Waals surface area contributed by atoms with Gasteiger partial charge in [-0.2, -0.15) is 5.26 Å². The van der Waals surface area contributed by atoms with Crippen LogP contribution in [0.3, 0.4) is 0 Å². The van der Waals surface area contributed by atoms with Crippen LogP contribution in [0.4, 0.5) is 5.69 Å². The van der Waals surface area contributed by atoms with Crippen LogP contribution < -0.4 is 10.2 Å². The minimum absolute atomic E-state index is 0.0686. The molecule has 3 heterocycles. The summed E-state index contributed by atoms with van der Waals surface area (Å²) in [5.41, 5.74) is 1.34. The van der Waals surface area contributed by atoms with Crippen molar-refractivity contribution in [3.05, 3.63) is 36.0 Å². The lowest BCUT2D eigenvalue weighted by Crippen LogP contribution is -2.46. The van der Waals surface area contributed by atoms with Gasteiger partial charge < -0.3 is 15.1 Å². The van der Waals surface area contributed by atoms with Gasteiger partial charge in [0.05, 0.1) is 29.6 Å². The van der Waals surface area contributed by atoms with Gasteiger partial charge in [-0.25, -0.2) is 0 Å². The van der Waals surface area contributed by atoms with Crippen molar-refractivity contribution in [3.63, 3.8) is 0 Å². The number of pyridine rings is 1. The summed E-state index contributed by atoms with van der Waals surface area (Å²) in [5.74, 6) is 0.428. The van der Waals surface area contributed by atoms with Crippen molar-refractivity contribution in [1.82, 2.24) is 15.2 Å². The number of amides is 3. The number of anilines is 1. The van der Waals surface area contributed by atoms with Gasteiger partial charge in [0.1, 0.15) is 6.04 Å². The van der Waals surface area contributed by atoms with Crippen LogP contribution in [-0.4, -0.2) is 58.4 Å². The van der Waals surface area contributed by atoms with Crippen LogP contribution in [0.2, 0.25) is 0 Å². The molecule has 1 N–H and O–H groups in total. The molecule has 166 valence electrons. The maximum atomic E-state index is 12.9. The first-order valence-corrected chi connectivity index (χ1v) is 11.7. The molecule has 0 aliphatic carbocycles. The molecule has 2 fully saturated rings. The zero-order valence-electron chi connectivity index (χ0n) is 18.1. The number of nitrogens with one attached hydrogen (secondary N) is 1. The number of carbonyl (C=O) groups is 3. The van der Waals surface area contributed by atoms with E-state index in [0.29, 0.717) is 34.6 Å². The lowest BCUT2D eigenvalue weighted by atomic mass is 9.83. The molecule has 4 rings (SSSR count). The minimum atomic E-state index is -0.458. The van der Waals surface area contributed by atoms with Crippen molar-refractivity contribution in [1.29, 1.82) is 5.26 Å². The summed E-state index contributed by atoms with van der Waals surface area (Å²) in [4.78, 5) is 45.9. The Hall–Kier alpha value is -3.12. The van der Waals surface area contributed by atoms with Gasteiger partial charge in [-0.3, -0.25) is 19.4 Å². The number of hydrogen-bond donors (Lipinski definition) is 1. The Labute approximate surface area is 191 Å². The lowest BCUT2D eigenvalue weighted by molar-refractivity contribution is -0.129. The molecule has 2 saturated heterocycles. The van der Waals surface area contributed by atoms with E-state index in [2.05, 4.69) is 16.4 Å². The van der Waals surface area contributed by atoms with Crippen molar-refractivity contribution in [2.75, 3.05) is 29.6 Å². The van der Waals surface area contributed by atoms with E-state index in [4.69, 9.17) is 5.26 Å². The molecule has 1 atom stereocenters. The Bertz CT molecular complexity index is 1130. The molecule has 1 aromatic heterocycles. The highest BCUT2D eigenvalue weighted by molar-refractivity contribution is 7.99. The molecule has 0 bridgehead atoms. The Balaban J connectivity index is 1.55.